The summed E-state index contributed by atoms with van der Waals surface area (Å²) in [5.41, 5.74) is 2.17. The van der Waals surface area contributed by atoms with E-state index < -0.39 is 0 Å². The zero-order valence-electron chi connectivity index (χ0n) is 14.9. The Balaban J connectivity index is 1.79. The Morgan fingerprint density at radius 2 is 1.85 bits per heavy atom. The van der Waals surface area contributed by atoms with Crippen molar-refractivity contribution in [2.24, 2.45) is 0 Å². The normalized spacial score (nSPS) is 9.96. The molecule has 0 radical (unpaired) electrons. The number of aryl methyl sites for hydroxylation is 1. The average Bonchev–Trinajstić information content (AvgIpc) is 2.68. The first kappa shape index (κ1) is 17.9. The van der Waals surface area contributed by atoms with Crippen molar-refractivity contribution < 1.29 is 9.53 Å². The predicted octanol–water partition coefficient (Wildman–Crippen LogP) is 3.66. The first-order valence-corrected chi connectivity index (χ1v) is 8.15. The van der Waals surface area contributed by atoms with Gasteiger partial charge in [-0.2, -0.15) is 5.26 Å². The SMILES string of the molecule is COc1cccc(NC(=O)c2cc(Nc3ccc(C#N)cc3)nc(C)n2)c1. The quantitative estimate of drug-likeness (QED) is 0.721. The molecule has 0 aliphatic heterocycles. The number of hydrogen-bond acceptors (Lipinski definition) is 6. The van der Waals surface area contributed by atoms with Crippen molar-refractivity contribution in [3.63, 3.8) is 0 Å². The number of nitrogens with zero attached hydrogens (tertiary/aromatic N) is 3. The third kappa shape index (κ3) is 4.58. The highest BCUT2D eigenvalue weighted by molar-refractivity contribution is 6.03. The van der Waals surface area contributed by atoms with Crippen LogP contribution in [0.1, 0.15) is 21.9 Å². The van der Waals surface area contributed by atoms with Crippen LogP contribution in [-0.4, -0.2) is 23.0 Å². The van der Waals surface area contributed by atoms with E-state index in [0.29, 0.717) is 28.6 Å². The first-order valence-electron chi connectivity index (χ1n) is 8.15. The van der Waals surface area contributed by atoms with E-state index in [-0.39, 0.29) is 11.6 Å². The van der Waals surface area contributed by atoms with Gasteiger partial charge in [0.05, 0.1) is 18.7 Å². The molecule has 2 N–H and O–H groups in total. The molecule has 1 aromatic heterocycles. The fourth-order valence-corrected chi connectivity index (χ4v) is 2.42. The van der Waals surface area contributed by atoms with E-state index in [4.69, 9.17) is 10.00 Å². The lowest BCUT2D eigenvalue weighted by Crippen LogP contribution is -2.15. The summed E-state index contributed by atoms with van der Waals surface area (Å²) in [6.07, 6.45) is 0. The Hall–Kier alpha value is -3.92. The third-order valence-electron chi connectivity index (χ3n) is 3.68. The van der Waals surface area contributed by atoms with Crippen molar-refractivity contribution in [2.45, 2.75) is 6.92 Å². The Kier molecular flexibility index (Phi) is 5.28. The van der Waals surface area contributed by atoms with Gasteiger partial charge in [0.2, 0.25) is 0 Å². The predicted molar refractivity (Wildman–Crippen MR) is 102 cm³/mol. The summed E-state index contributed by atoms with van der Waals surface area (Å²) in [4.78, 5) is 21.1. The van der Waals surface area contributed by atoms with Crippen LogP contribution in [-0.2, 0) is 0 Å². The van der Waals surface area contributed by atoms with Gasteiger partial charge in [-0.15, -0.1) is 0 Å². The molecular weight excluding hydrogens is 342 g/mol. The second-order valence-electron chi connectivity index (χ2n) is 5.69. The number of rotatable bonds is 5. The summed E-state index contributed by atoms with van der Waals surface area (Å²) in [5.74, 6) is 1.25. The third-order valence-corrected chi connectivity index (χ3v) is 3.68. The van der Waals surface area contributed by atoms with Crippen LogP contribution in [0.2, 0.25) is 0 Å². The van der Waals surface area contributed by atoms with Crippen molar-refractivity contribution >= 4 is 23.1 Å². The van der Waals surface area contributed by atoms with Crippen molar-refractivity contribution in [1.82, 2.24) is 9.97 Å². The van der Waals surface area contributed by atoms with Gasteiger partial charge in [-0.3, -0.25) is 4.79 Å². The summed E-state index contributed by atoms with van der Waals surface area (Å²) >= 11 is 0. The lowest BCUT2D eigenvalue weighted by Gasteiger charge is -2.10. The number of hydrogen-bond donors (Lipinski definition) is 2. The van der Waals surface area contributed by atoms with Gasteiger partial charge in [0.25, 0.3) is 5.91 Å². The summed E-state index contributed by atoms with van der Waals surface area (Å²) in [5, 5.41) is 14.8. The number of nitriles is 1. The number of benzene rings is 2. The smallest absolute Gasteiger partial charge is 0.274 e. The van der Waals surface area contributed by atoms with E-state index in [1.54, 1.807) is 68.6 Å². The highest BCUT2D eigenvalue weighted by atomic mass is 16.5. The topological polar surface area (TPSA) is 99.9 Å². The van der Waals surface area contributed by atoms with Gasteiger partial charge in [-0.1, -0.05) is 6.07 Å². The Morgan fingerprint density at radius 1 is 1.07 bits per heavy atom. The van der Waals surface area contributed by atoms with Gasteiger partial charge in [0.15, 0.2) is 0 Å². The maximum Gasteiger partial charge on any atom is 0.274 e. The summed E-state index contributed by atoms with van der Waals surface area (Å²) in [7, 11) is 1.57. The van der Waals surface area contributed by atoms with Crippen molar-refractivity contribution in [1.29, 1.82) is 5.26 Å². The fourth-order valence-electron chi connectivity index (χ4n) is 2.42. The maximum absolute atomic E-state index is 12.5. The van der Waals surface area contributed by atoms with Gasteiger partial charge >= 0.3 is 0 Å². The number of aromatic nitrogens is 2. The van der Waals surface area contributed by atoms with Crippen LogP contribution in [0.15, 0.2) is 54.6 Å². The first-order chi connectivity index (χ1) is 13.1. The molecule has 0 unspecified atom stereocenters. The molecule has 0 atom stereocenters. The number of carbonyl (C=O) groups excluding carboxylic acids is 1. The number of ether oxygens (including phenoxy) is 1. The standard InChI is InChI=1S/C20H17N5O2/c1-13-22-18(20(26)25-16-4-3-5-17(10-16)27-2)11-19(23-13)24-15-8-6-14(12-21)7-9-15/h3-11H,1-2H3,(H,25,26)(H,22,23,24). The fraction of sp³-hybridized carbons (Fsp3) is 0.100. The number of amides is 1. The van der Waals surface area contributed by atoms with Crippen LogP contribution < -0.4 is 15.4 Å². The molecule has 1 amide bonds. The summed E-state index contributed by atoms with van der Waals surface area (Å²) in [6, 6.07) is 17.7. The van der Waals surface area contributed by atoms with Crippen LogP contribution in [0.3, 0.4) is 0 Å². The van der Waals surface area contributed by atoms with Gasteiger partial charge < -0.3 is 15.4 Å². The molecule has 134 valence electrons. The molecule has 3 aromatic rings. The van der Waals surface area contributed by atoms with Crippen LogP contribution in [0.5, 0.6) is 5.75 Å². The molecule has 3 rings (SSSR count). The van der Waals surface area contributed by atoms with Crippen molar-refractivity contribution in [3.8, 4) is 11.8 Å². The van der Waals surface area contributed by atoms with Gasteiger partial charge in [-0.25, -0.2) is 9.97 Å². The molecule has 0 aliphatic carbocycles. The molecule has 27 heavy (non-hydrogen) atoms. The van der Waals surface area contributed by atoms with E-state index in [0.717, 1.165) is 5.69 Å². The minimum atomic E-state index is -0.350. The van der Waals surface area contributed by atoms with E-state index in [9.17, 15) is 4.79 Å². The van der Waals surface area contributed by atoms with E-state index in [1.807, 2.05) is 0 Å². The molecule has 2 aromatic carbocycles. The molecular formula is C20H17N5O2. The average molecular weight is 359 g/mol. The molecule has 0 spiro atoms. The van der Waals surface area contributed by atoms with Gasteiger partial charge in [-0.05, 0) is 43.3 Å². The minimum Gasteiger partial charge on any atom is -0.497 e. The van der Waals surface area contributed by atoms with E-state index in [1.165, 1.54) is 0 Å². The summed E-state index contributed by atoms with van der Waals surface area (Å²) < 4.78 is 5.16. The Labute approximate surface area is 156 Å². The van der Waals surface area contributed by atoms with E-state index in [2.05, 4.69) is 26.7 Å². The second kappa shape index (κ2) is 7.97. The molecule has 0 aliphatic rings. The maximum atomic E-state index is 12.5. The molecule has 0 bridgehead atoms. The highest BCUT2D eigenvalue weighted by Gasteiger charge is 2.11. The second-order valence-corrected chi connectivity index (χ2v) is 5.69. The molecule has 0 saturated carbocycles. The largest absolute Gasteiger partial charge is 0.497 e. The number of methoxy groups -OCH3 is 1. The summed E-state index contributed by atoms with van der Waals surface area (Å²) in [6.45, 7) is 1.71. The number of carbonyl (C=O) groups is 1. The van der Waals surface area contributed by atoms with Crippen LogP contribution in [0, 0.1) is 18.3 Å². The number of nitrogens with one attached hydrogen (secondary N) is 2. The van der Waals surface area contributed by atoms with Crippen LogP contribution in [0.25, 0.3) is 0 Å². The van der Waals surface area contributed by atoms with Crippen molar-refractivity contribution in [2.75, 3.05) is 17.7 Å². The Bertz CT molecular complexity index is 1010. The monoisotopic (exact) mass is 359 g/mol. The molecule has 7 nitrogen and oxygen atoms in total. The van der Waals surface area contributed by atoms with E-state index >= 15 is 0 Å². The Morgan fingerprint density at radius 3 is 2.56 bits per heavy atom. The minimum absolute atomic E-state index is 0.237. The highest BCUT2D eigenvalue weighted by Crippen LogP contribution is 2.19. The zero-order chi connectivity index (χ0) is 19.2. The van der Waals surface area contributed by atoms with Gasteiger partial charge in [0.1, 0.15) is 23.1 Å². The van der Waals surface area contributed by atoms with Crippen LogP contribution >= 0.6 is 0 Å². The lowest BCUT2D eigenvalue weighted by molar-refractivity contribution is 0.102. The molecule has 7 heteroatoms. The molecule has 0 saturated heterocycles. The molecule has 1 heterocycles. The van der Waals surface area contributed by atoms with Crippen molar-refractivity contribution in [3.05, 3.63) is 71.7 Å². The number of anilines is 3. The van der Waals surface area contributed by atoms with Gasteiger partial charge in [0, 0.05) is 23.5 Å². The molecule has 0 fully saturated rings. The lowest BCUT2D eigenvalue weighted by atomic mass is 10.2. The van der Waals surface area contributed by atoms with Crippen LogP contribution in [0.4, 0.5) is 17.2 Å². The zero-order valence-corrected chi connectivity index (χ0v) is 14.9.